The summed E-state index contributed by atoms with van der Waals surface area (Å²) in [5.41, 5.74) is 2.16. The summed E-state index contributed by atoms with van der Waals surface area (Å²) in [7, 11) is -3.06. The molecule has 1 aliphatic heterocycles. The maximum atomic E-state index is 12.0. The summed E-state index contributed by atoms with van der Waals surface area (Å²) in [6.07, 6.45) is 0.620. The molecule has 1 fully saturated rings. The second-order valence-electron chi connectivity index (χ2n) is 6.22. The molecule has 0 spiro atoms. The van der Waals surface area contributed by atoms with Crippen LogP contribution in [0.2, 0.25) is 0 Å². The fourth-order valence-electron chi connectivity index (χ4n) is 2.93. The van der Waals surface area contributed by atoms with E-state index in [1.807, 2.05) is 31.2 Å². The highest BCUT2D eigenvalue weighted by Crippen LogP contribution is 2.18. The van der Waals surface area contributed by atoms with Gasteiger partial charge < -0.3 is 10.2 Å². The molecular formula is C17H24N2O4S. The van der Waals surface area contributed by atoms with E-state index in [1.54, 1.807) is 0 Å². The van der Waals surface area contributed by atoms with Crippen LogP contribution in [-0.2, 0) is 26.0 Å². The quantitative estimate of drug-likeness (QED) is 0.829. The molecule has 1 unspecified atom stereocenters. The van der Waals surface area contributed by atoms with E-state index in [4.69, 9.17) is 0 Å². The zero-order valence-corrected chi connectivity index (χ0v) is 14.9. The Morgan fingerprint density at radius 3 is 2.58 bits per heavy atom. The average Bonchev–Trinajstić information content (AvgIpc) is 2.86. The van der Waals surface area contributed by atoms with Crippen molar-refractivity contribution < 1.29 is 18.0 Å². The number of hydrogen-bond acceptors (Lipinski definition) is 4. The molecule has 0 radical (unpaired) electrons. The zero-order valence-electron chi connectivity index (χ0n) is 14.1. The molecule has 1 aliphatic rings. The SMILES string of the molecule is CC(=O)N(CCC(=O)NCc1ccccc1C)C1CCS(=O)(=O)C1. The van der Waals surface area contributed by atoms with Crippen molar-refractivity contribution in [2.45, 2.75) is 39.3 Å². The monoisotopic (exact) mass is 352 g/mol. The Kier molecular flexibility index (Phi) is 5.99. The van der Waals surface area contributed by atoms with Gasteiger partial charge in [0.05, 0.1) is 11.5 Å². The maximum Gasteiger partial charge on any atom is 0.222 e. The lowest BCUT2D eigenvalue weighted by Crippen LogP contribution is -2.42. The van der Waals surface area contributed by atoms with Crippen molar-refractivity contribution in [1.29, 1.82) is 0 Å². The lowest BCUT2D eigenvalue weighted by molar-refractivity contribution is -0.131. The first kappa shape index (κ1) is 18.4. The van der Waals surface area contributed by atoms with Crippen molar-refractivity contribution >= 4 is 21.7 Å². The van der Waals surface area contributed by atoms with Crippen molar-refractivity contribution in [2.75, 3.05) is 18.1 Å². The van der Waals surface area contributed by atoms with Crippen LogP contribution >= 0.6 is 0 Å². The summed E-state index contributed by atoms with van der Waals surface area (Å²) < 4.78 is 23.2. The standard InChI is InChI=1S/C17H24N2O4S/c1-13-5-3-4-6-15(13)11-18-17(21)7-9-19(14(2)20)16-8-10-24(22,23)12-16/h3-6,16H,7-12H2,1-2H3,(H,18,21). The molecule has 132 valence electrons. The van der Waals surface area contributed by atoms with Crippen LogP contribution in [0.15, 0.2) is 24.3 Å². The second kappa shape index (κ2) is 7.79. The van der Waals surface area contributed by atoms with Crippen LogP contribution in [0.1, 0.15) is 30.9 Å². The first-order chi connectivity index (χ1) is 11.3. The molecular weight excluding hydrogens is 328 g/mol. The molecule has 7 heteroatoms. The third-order valence-electron chi connectivity index (χ3n) is 4.37. The smallest absolute Gasteiger partial charge is 0.222 e. The first-order valence-corrected chi connectivity index (χ1v) is 9.89. The van der Waals surface area contributed by atoms with E-state index in [1.165, 1.54) is 11.8 Å². The van der Waals surface area contributed by atoms with Gasteiger partial charge in [-0.1, -0.05) is 24.3 Å². The van der Waals surface area contributed by atoms with Crippen LogP contribution in [0.25, 0.3) is 0 Å². The van der Waals surface area contributed by atoms with Gasteiger partial charge in [0.1, 0.15) is 0 Å². The van der Waals surface area contributed by atoms with Gasteiger partial charge in [-0.3, -0.25) is 9.59 Å². The summed E-state index contributed by atoms with van der Waals surface area (Å²) in [5, 5.41) is 2.85. The normalized spacial score (nSPS) is 19.0. The molecule has 2 amide bonds. The van der Waals surface area contributed by atoms with E-state index in [2.05, 4.69) is 5.32 Å². The number of hydrogen-bond donors (Lipinski definition) is 1. The van der Waals surface area contributed by atoms with Crippen molar-refractivity contribution in [3.8, 4) is 0 Å². The van der Waals surface area contributed by atoms with Gasteiger partial charge in [0.15, 0.2) is 9.84 Å². The second-order valence-corrected chi connectivity index (χ2v) is 8.45. The molecule has 1 heterocycles. The number of aryl methyl sites for hydroxylation is 1. The summed E-state index contributed by atoms with van der Waals surface area (Å²) in [6.45, 7) is 4.09. The van der Waals surface area contributed by atoms with Gasteiger partial charge in [-0.25, -0.2) is 8.42 Å². The van der Waals surface area contributed by atoms with E-state index in [0.717, 1.165) is 11.1 Å². The number of amides is 2. The minimum absolute atomic E-state index is 0.00257. The van der Waals surface area contributed by atoms with Crippen LogP contribution in [0.3, 0.4) is 0 Å². The minimum Gasteiger partial charge on any atom is -0.352 e. The topological polar surface area (TPSA) is 83.6 Å². The Morgan fingerprint density at radius 1 is 1.29 bits per heavy atom. The predicted molar refractivity (Wildman–Crippen MR) is 92.1 cm³/mol. The van der Waals surface area contributed by atoms with Gasteiger partial charge in [-0.05, 0) is 24.5 Å². The minimum atomic E-state index is -3.06. The van der Waals surface area contributed by atoms with Crippen LogP contribution in [-0.4, -0.2) is 49.2 Å². The van der Waals surface area contributed by atoms with Gasteiger partial charge in [0.25, 0.3) is 0 Å². The molecule has 1 saturated heterocycles. The Bertz CT molecular complexity index is 715. The molecule has 0 bridgehead atoms. The largest absolute Gasteiger partial charge is 0.352 e. The van der Waals surface area contributed by atoms with E-state index in [0.29, 0.717) is 13.0 Å². The molecule has 2 rings (SSSR count). The molecule has 1 N–H and O–H groups in total. The van der Waals surface area contributed by atoms with E-state index < -0.39 is 9.84 Å². The molecule has 0 saturated carbocycles. The summed E-state index contributed by atoms with van der Waals surface area (Å²) in [4.78, 5) is 25.3. The first-order valence-electron chi connectivity index (χ1n) is 8.07. The Hall–Kier alpha value is -1.89. The summed E-state index contributed by atoms with van der Waals surface area (Å²) >= 11 is 0. The Labute approximate surface area is 143 Å². The lowest BCUT2D eigenvalue weighted by Gasteiger charge is -2.26. The Balaban J connectivity index is 1.85. The highest BCUT2D eigenvalue weighted by Gasteiger charge is 2.33. The van der Waals surface area contributed by atoms with Gasteiger partial charge in [0.2, 0.25) is 11.8 Å². The van der Waals surface area contributed by atoms with Crippen molar-refractivity contribution in [3.63, 3.8) is 0 Å². The molecule has 0 aromatic heterocycles. The number of carbonyl (C=O) groups excluding carboxylic acids is 2. The number of benzene rings is 1. The number of nitrogens with zero attached hydrogens (tertiary/aromatic N) is 1. The molecule has 0 aliphatic carbocycles. The number of rotatable bonds is 6. The molecule has 6 nitrogen and oxygen atoms in total. The van der Waals surface area contributed by atoms with Crippen molar-refractivity contribution in [3.05, 3.63) is 35.4 Å². The summed E-state index contributed by atoms with van der Waals surface area (Å²) in [5.74, 6) is -0.229. The van der Waals surface area contributed by atoms with Crippen LogP contribution in [0.5, 0.6) is 0 Å². The van der Waals surface area contributed by atoms with E-state index >= 15 is 0 Å². The van der Waals surface area contributed by atoms with E-state index in [9.17, 15) is 18.0 Å². The lowest BCUT2D eigenvalue weighted by atomic mass is 10.1. The summed E-state index contributed by atoms with van der Waals surface area (Å²) in [6, 6.07) is 7.50. The highest BCUT2D eigenvalue weighted by molar-refractivity contribution is 7.91. The van der Waals surface area contributed by atoms with Crippen molar-refractivity contribution in [2.24, 2.45) is 0 Å². The number of carbonyl (C=O) groups is 2. The van der Waals surface area contributed by atoms with Gasteiger partial charge in [-0.2, -0.15) is 0 Å². The third-order valence-corrected chi connectivity index (χ3v) is 6.12. The predicted octanol–water partition coefficient (Wildman–Crippen LogP) is 1.04. The fourth-order valence-corrected chi connectivity index (χ4v) is 4.66. The van der Waals surface area contributed by atoms with Crippen molar-refractivity contribution in [1.82, 2.24) is 10.2 Å². The van der Waals surface area contributed by atoms with Gasteiger partial charge in [-0.15, -0.1) is 0 Å². The number of sulfone groups is 1. The molecule has 24 heavy (non-hydrogen) atoms. The van der Waals surface area contributed by atoms with Crippen LogP contribution < -0.4 is 5.32 Å². The zero-order chi connectivity index (χ0) is 17.7. The number of nitrogens with one attached hydrogen (secondary N) is 1. The maximum absolute atomic E-state index is 12.0. The fraction of sp³-hybridized carbons (Fsp3) is 0.529. The molecule has 1 aromatic carbocycles. The van der Waals surface area contributed by atoms with Gasteiger partial charge in [0, 0.05) is 32.5 Å². The van der Waals surface area contributed by atoms with E-state index in [-0.39, 0.29) is 42.3 Å². The third kappa shape index (κ3) is 5.06. The van der Waals surface area contributed by atoms with Crippen LogP contribution in [0, 0.1) is 6.92 Å². The average molecular weight is 352 g/mol. The molecule has 1 atom stereocenters. The van der Waals surface area contributed by atoms with Crippen LogP contribution in [0.4, 0.5) is 0 Å². The van der Waals surface area contributed by atoms with Gasteiger partial charge >= 0.3 is 0 Å². The molecule has 1 aromatic rings. The Morgan fingerprint density at radius 2 is 2.00 bits per heavy atom. The highest BCUT2D eigenvalue weighted by atomic mass is 32.2.